The average molecular weight is 301 g/mol. The van der Waals surface area contributed by atoms with Crippen LogP contribution in [0.15, 0.2) is 10.2 Å². The van der Waals surface area contributed by atoms with Crippen molar-refractivity contribution < 1.29 is 30.0 Å². The van der Waals surface area contributed by atoms with E-state index in [9.17, 15) is 25.2 Å². The number of carbonyl (C=O) groups excluding carboxylic acids is 1. The molecule has 0 spiro atoms. The van der Waals surface area contributed by atoms with Crippen molar-refractivity contribution in [3.63, 3.8) is 0 Å². The summed E-state index contributed by atoms with van der Waals surface area (Å²) in [5.74, 6) is -4.87. The minimum absolute atomic E-state index is 0.807. The molecule has 12 heteroatoms. The third kappa shape index (κ3) is 3.52. The van der Waals surface area contributed by atoms with Crippen LogP contribution in [0.5, 0.6) is 0 Å². The van der Waals surface area contributed by atoms with Crippen LogP contribution in [-0.2, 0) is 9.53 Å². The standard InChI is InChI=1S/C9H14N6O6/c1-3(16)5(12-14-10)7-6(13-15-11)4(17)2-9(20,21-7)8(18)19/h3-7,16-17,20H,2H2,1H3,(H,18,19)/p-1/t3-,4-,5-,6-,7?,9+/m1/s1. The summed E-state index contributed by atoms with van der Waals surface area (Å²) in [5, 5.41) is 46.6. The van der Waals surface area contributed by atoms with Gasteiger partial charge in [0.2, 0.25) is 5.79 Å². The predicted molar refractivity (Wildman–Crippen MR) is 63.0 cm³/mol. The normalized spacial score (nSPS) is 35.0. The third-order valence-corrected chi connectivity index (χ3v) is 3.07. The maximum atomic E-state index is 10.9. The highest BCUT2D eigenvalue weighted by Crippen LogP contribution is 2.32. The SMILES string of the molecule is C[C@@H](O)[C@@H](N=[N+]=[N-])C1O[C@](O)(C(=O)[O-])C[C@@H](O)[C@H]1N=[N+]=[N-]. The Labute approximate surface area is 117 Å². The topological polar surface area (TPSA) is 208 Å². The van der Waals surface area contributed by atoms with Crippen molar-refractivity contribution in [1.29, 1.82) is 0 Å². The summed E-state index contributed by atoms with van der Waals surface area (Å²) in [5.41, 5.74) is 17.0. The van der Waals surface area contributed by atoms with Crippen LogP contribution in [0.2, 0.25) is 0 Å². The van der Waals surface area contributed by atoms with Crippen molar-refractivity contribution in [2.45, 2.75) is 49.5 Å². The van der Waals surface area contributed by atoms with Crippen LogP contribution in [0.3, 0.4) is 0 Å². The van der Waals surface area contributed by atoms with Crippen LogP contribution in [0.25, 0.3) is 20.9 Å². The number of aliphatic carboxylic acids is 1. The van der Waals surface area contributed by atoms with Crippen molar-refractivity contribution >= 4 is 5.97 Å². The number of carboxylic acid groups (broad SMARTS) is 1. The molecule has 21 heavy (non-hydrogen) atoms. The fourth-order valence-electron chi connectivity index (χ4n) is 2.07. The van der Waals surface area contributed by atoms with Crippen LogP contribution in [0.1, 0.15) is 13.3 Å². The molecule has 1 saturated heterocycles. The molecule has 0 aromatic rings. The van der Waals surface area contributed by atoms with Gasteiger partial charge in [-0.25, -0.2) is 0 Å². The molecule has 1 aliphatic heterocycles. The van der Waals surface area contributed by atoms with E-state index in [1.807, 2.05) is 0 Å². The van der Waals surface area contributed by atoms with Crippen LogP contribution in [0, 0.1) is 0 Å². The van der Waals surface area contributed by atoms with Gasteiger partial charge in [-0.3, -0.25) is 0 Å². The van der Waals surface area contributed by atoms with Crippen LogP contribution >= 0.6 is 0 Å². The number of hydrogen-bond acceptors (Lipinski definition) is 8. The second-order valence-electron chi connectivity index (χ2n) is 4.56. The van der Waals surface area contributed by atoms with E-state index in [0.29, 0.717) is 0 Å². The van der Waals surface area contributed by atoms with Crippen molar-refractivity contribution in [2.24, 2.45) is 10.2 Å². The van der Waals surface area contributed by atoms with Crippen LogP contribution < -0.4 is 5.11 Å². The fourth-order valence-corrected chi connectivity index (χ4v) is 2.07. The Morgan fingerprint density at radius 1 is 1.52 bits per heavy atom. The average Bonchev–Trinajstić information content (AvgIpc) is 2.38. The summed E-state index contributed by atoms with van der Waals surface area (Å²) in [7, 11) is 0. The predicted octanol–water partition coefficient (Wildman–Crippen LogP) is -1.69. The third-order valence-electron chi connectivity index (χ3n) is 3.07. The summed E-state index contributed by atoms with van der Waals surface area (Å²) in [4.78, 5) is 15.9. The lowest BCUT2D eigenvalue weighted by atomic mass is 9.88. The van der Waals surface area contributed by atoms with E-state index in [4.69, 9.17) is 15.8 Å². The summed E-state index contributed by atoms with van der Waals surface area (Å²) in [6.07, 6.45) is -5.28. The minimum Gasteiger partial charge on any atom is -0.544 e. The van der Waals surface area contributed by atoms with E-state index < -0.39 is 48.6 Å². The monoisotopic (exact) mass is 301 g/mol. The zero-order valence-corrected chi connectivity index (χ0v) is 10.8. The largest absolute Gasteiger partial charge is 0.544 e. The first-order valence-corrected chi connectivity index (χ1v) is 5.83. The number of aliphatic hydroxyl groups excluding tert-OH is 2. The van der Waals surface area contributed by atoms with E-state index in [1.54, 1.807) is 0 Å². The van der Waals surface area contributed by atoms with Gasteiger partial charge in [-0.1, -0.05) is 10.2 Å². The van der Waals surface area contributed by atoms with E-state index in [-0.39, 0.29) is 0 Å². The van der Waals surface area contributed by atoms with Crippen LogP contribution in [0.4, 0.5) is 0 Å². The summed E-state index contributed by atoms with van der Waals surface area (Å²) < 4.78 is 4.89. The second kappa shape index (κ2) is 6.59. The number of nitrogens with zero attached hydrogens (tertiary/aromatic N) is 6. The number of carbonyl (C=O) groups is 1. The molecule has 6 atom stereocenters. The molecule has 0 saturated carbocycles. The summed E-state index contributed by atoms with van der Waals surface area (Å²) in [6.45, 7) is 1.22. The second-order valence-corrected chi connectivity index (χ2v) is 4.56. The van der Waals surface area contributed by atoms with Gasteiger partial charge in [0.1, 0.15) is 5.97 Å². The van der Waals surface area contributed by atoms with Gasteiger partial charge in [0.05, 0.1) is 30.4 Å². The van der Waals surface area contributed by atoms with Gasteiger partial charge in [-0.05, 0) is 18.0 Å². The first-order chi connectivity index (χ1) is 9.76. The Morgan fingerprint density at radius 3 is 2.57 bits per heavy atom. The number of carboxylic acids is 1. The highest BCUT2D eigenvalue weighted by atomic mass is 16.7. The summed E-state index contributed by atoms with van der Waals surface area (Å²) in [6, 6.07) is -2.76. The number of rotatable bonds is 5. The van der Waals surface area contributed by atoms with E-state index >= 15 is 0 Å². The molecule has 0 aliphatic carbocycles. The Balaban J connectivity index is 3.26. The summed E-state index contributed by atoms with van der Waals surface area (Å²) >= 11 is 0. The highest BCUT2D eigenvalue weighted by Gasteiger charge is 2.49. The molecule has 1 fully saturated rings. The molecule has 0 radical (unpaired) electrons. The first-order valence-electron chi connectivity index (χ1n) is 5.83. The van der Waals surface area contributed by atoms with Gasteiger partial charge in [0, 0.05) is 16.2 Å². The number of azide groups is 2. The Hall–Kier alpha value is -2.07. The molecule has 0 aromatic carbocycles. The molecule has 12 nitrogen and oxygen atoms in total. The molecular formula is C9H13N6O6-. The van der Waals surface area contributed by atoms with Gasteiger partial charge in [-0.15, -0.1) is 0 Å². The maximum Gasteiger partial charge on any atom is 0.209 e. The zero-order chi connectivity index (χ0) is 16.2. The number of aliphatic hydroxyl groups is 3. The first kappa shape index (κ1) is 17.0. The lowest BCUT2D eigenvalue weighted by molar-refractivity contribution is -0.369. The maximum absolute atomic E-state index is 10.9. The molecule has 1 rings (SSSR count). The molecule has 1 aliphatic rings. The smallest absolute Gasteiger partial charge is 0.209 e. The zero-order valence-electron chi connectivity index (χ0n) is 10.8. The Morgan fingerprint density at radius 2 is 2.14 bits per heavy atom. The van der Waals surface area contributed by atoms with Crippen molar-refractivity contribution in [3.8, 4) is 0 Å². The molecule has 1 unspecified atom stereocenters. The minimum atomic E-state index is -2.86. The van der Waals surface area contributed by atoms with Gasteiger partial charge in [-0.2, -0.15) is 0 Å². The molecular weight excluding hydrogens is 288 g/mol. The van der Waals surface area contributed by atoms with Gasteiger partial charge < -0.3 is 30.0 Å². The lowest BCUT2D eigenvalue weighted by Gasteiger charge is -2.45. The Bertz CT molecular complexity index is 481. The van der Waals surface area contributed by atoms with E-state index in [0.717, 1.165) is 0 Å². The van der Waals surface area contributed by atoms with Crippen molar-refractivity contribution in [3.05, 3.63) is 20.9 Å². The van der Waals surface area contributed by atoms with Gasteiger partial charge >= 0.3 is 0 Å². The quantitative estimate of drug-likeness (QED) is 0.306. The van der Waals surface area contributed by atoms with E-state index in [1.165, 1.54) is 6.92 Å². The molecule has 0 aromatic heterocycles. The van der Waals surface area contributed by atoms with Gasteiger partial charge in [0.15, 0.2) is 0 Å². The fraction of sp³-hybridized carbons (Fsp3) is 0.889. The van der Waals surface area contributed by atoms with E-state index in [2.05, 4.69) is 20.1 Å². The van der Waals surface area contributed by atoms with Gasteiger partial charge in [0.25, 0.3) is 0 Å². The number of ether oxygens (including phenoxy) is 1. The highest BCUT2D eigenvalue weighted by molar-refractivity contribution is 5.73. The van der Waals surface area contributed by atoms with Crippen molar-refractivity contribution in [1.82, 2.24) is 0 Å². The molecule has 0 bridgehead atoms. The van der Waals surface area contributed by atoms with Crippen LogP contribution in [-0.4, -0.2) is 57.5 Å². The Kier molecular flexibility index (Phi) is 5.33. The molecule has 116 valence electrons. The van der Waals surface area contributed by atoms with Crippen molar-refractivity contribution in [2.75, 3.05) is 0 Å². The lowest BCUT2D eigenvalue weighted by Crippen LogP contribution is -2.64. The molecule has 0 amide bonds. The molecule has 1 heterocycles. The number of hydrogen-bond donors (Lipinski definition) is 3. The molecule has 3 N–H and O–H groups in total.